The van der Waals surface area contributed by atoms with E-state index in [0.717, 1.165) is 32.1 Å². The molecule has 0 rings (SSSR count). The second kappa shape index (κ2) is 20.3. The Hall–Kier alpha value is 0.610. The van der Waals surface area contributed by atoms with Crippen LogP contribution in [0.2, 0.25) is 0 Å². The van der Waals surface area contributed by atoms with Crippen LogP contribution in [0.5, 0.6) is 0 Å². The summed E-state index contributed by atoms with van der Waals surface area (Å²) in [4.78, 5) is 0. The van der Waals surface area contributed by atoms with Gasteiger partial charge >= 0.3 is 29.6 Å². The van der Waals surface area contributed by atoms with Crippen LogP contribution < -0.4 is 29.6 Å². The smallest absolute Gasteiger partial charge is 0.726 e. The molecule has 0 saturated carbocycles. The quantitative estimate of drug-likeness (QED) is 0.117. The molecule has 0 aliphatic carbocycles. The second-order valence-corrected chi connectivity index (χ2v) is 8.05. The van der Waals surface area contributed by atoms with E-state index in [1.807, 2.05) is 6.08 Å². The molecule has 0 aromatic heterocycles. The number of unbranched alkanes of at least 4 members (excludes halogenated alkanes) is 11. The first-order chi connectivity index (χ1) is 12.0. The standard InChI is InChI=1S/C20H40O4S.Na/c1-3-5-7-9-11-12-14-16-18-20(19-24-25(21,22)23)17-15-13-10-8-6-4-2;/h15,17,20H,3-14,16,18-19H2,1-2H3,(H,21,22,23);/q;+1/p-1/b17-15+;. The van der Waals surface area contributed by atoms with Gasteiger partial charge in [-0.15, -0.1) is 0 Å². The molecule has 26 heavy (non-hydrogen) atoms. The van der Waals surface area contributed by atoms with Crippen LogP contribution in [0.25, 0.3) is 0 Å². The molecule has 0 aromatic carbocycles. The number of hydrogen-bond acceptors (Lipinski definition) is 4. The molecule has 0 radical (unpaired) electrons. The van der Waals surface area contributed by atoms with E-state index in [4.69, 9.17) is 0 Å². The van der Waals surface area contributed by atoms with Gasteiger partial charge in [-0.25, -0.2) is 8.42 Å². The second-order valence-electron chi connectivity index (χ2n) is 6.99. The van der Waals surface area contributed by atoms with Crippen LogP contribution >= 0.6 is 0 Å². The van der Waals surface area contributed by atoms with Crippen LogP contribution in [-0.4, -0.2) is 19.6 Å². The number of allylic oxidation sites excluding steroid dienone is 1. The maximum atomic E-state index is 10.7. The summed E-state index contributed by atoms with van der Waals surface area (Å²) in [5.41, 5.74) is 0. The third-order valence-electron chi connectivity index (χ3n) is 4.49. The Kier molecular flexibility index (Phi) is 22.6. The molecule has 150 valence electrons. The fourth-order valence-electron chi connectivity index (χ4n) is 2.92. The fraction of sp³-hybridized carbons (Fsp3) is 0.900. The van der Waals surface area contributed by atoms with Crippen molar-refractivity contribution in [2.75, 3.05) is 6.61 Å². The number of rotatable bonds is 18. The van der Waals surface area contributed by atoms with Crippen molar-refractivity contribution in [1.82, 2.24) is 0 Å². The van der Waals surface area contributed by atoms with Crippen LogP contribution in [0.15, 0.2) is 12.2 Å². The van der Waals surface area contributed by atoms with Crippen LogP contribution in [0.1, 0.15) is 104 Å². The summed E-state index contributed by atoms with van der Waals surface area (Å²) in [5.74, 6) is 0.0231. The van der Waals surface area contributed by atoms with Gasteiger partial charge in [0.2, 0.25) is 10.4 Å². The van der Waals surface area contributed by atoms with Gasteiger partial charge in [0.25, 0.3) is 0 Å². The third-order valence-corrected chi connectivity index (χ3v) is 4.91. The monoisotopic (exact) mass is 398 g/mol. The minimum absolute atomic E-state index is 0. The first kappa shape index (κ1) is 28.8. The van der Waals surface area contributed by atoms with Gasteiger partial charge in [0.05, 0.1) is 6.61 Å². The Morgan fingerprint density at radius 3 is 1.88 bits per heavy atom. The summed E-state index contributed by atoms with van der Waals surface area (Å²) in [6.07, 6.45) is 20.9. The normalized spacial score (nSPS) is 13.0. The molecule has 0 heterocycles. The molecule has 0 aliphatic heterocycles. The molecule has 6 heteroatoms. The summed E-state index contributed by atoms with van der Waals surface area (Å²) in [6, 6.07) is 0. The molecular formula is C20H39NaO4S. The summed E-state index contributed by atoms with van der Waals surface area (Å²) in [7, 11) is -4.59. The Balaban J connectivity index is 0. The van der Waals surface area contributed by atoms with Gasteiger partial charge in [0, 0.05) is 5.92 Å². The van der Waals surface area contributed by atoms with Crippen molar-refractivity contribution in [3.63, 3.8) is 0 Å². The molecule has 1 unspecified atom stereocenters. The maximum Gasteiger partial charge on any atom is 1.00 e. The molecule has 0 bridgehead atoms. The van der Waals surface area contributed by atoms with E-state index in [9.17, 15) is 13.0 Å². The first-order valence-electron chi connectivity index (χ1n) is 10.3. The van der Waals surface area contributed by atoms with Crippen molar-refractivity contribution >= 4 is 10.4 Å². The van der Waals surface area contributed by atoms with E-state index in [1.54, 1.807) is 0 Å². The van der Waals surface area contributed by atoms with Crippen molar-refractivity contribution in [2.24, 2.45) is 5.92 Å². The average Bonchev–Trinajstić information content (AvgIpc) is 2.56. The third kappa shape index (κ3) is 22.7. The van der Waals surface area contributed by atoms with Crippen molar-refractivity contribution in [1.29, 1.82) is 0 Å². The maximum absolute atomic E-state index is 10.7. The molecule has 1 atom stereocenters. The number of hydrogen-bond donors (Lipinski definition) is 0. The molecular weight excluding hydrogens is 359 g/mol. The van der Waals surface area contributed by atoms with Crippen LogP contribution in [-0.2, 0) is 14.6 Å². The summed E-state index contributed by atoms with van der Waals surface area (Å²) in [6.45, 7) is 4.39. The van der Waals surface area contributed by atoms with E-state index in [0.29, 0.717) is 0 Å². The molecule has 0 aromatic rings. The predicted octanol–water partition coefficient (Wildman–Crippen LogP) is 3.14. The Bertz CT molecular complexity index is 410. The molecule has 4 nitrogen and oxygen atoms in total. The Morgan fingerprint density at radius 2 is 1.35 bits per heavy atom. The zero-order valence-corrected chi connectivity index (χ0v) is 20.2. The van der Waals surface area contributed by atoms with Crippen LogP contribution in [0.4, 0.5) is 0 Å². The van der Waals surface area contributed by atoms with Gasteiger partial charge < -0.3 is 4.55 Å². The predicted molar refractivity (Wildman–Crippen MR) is 104 cm³/mol. The van der Waals surface area contributed by atoms with Gasteiger partial charge in [-0.05, 0) is 19.3 Å². The van der Waals surface area contributed by atoms with E-state index >= 15 is 0 Å². The van der Waals surface area contributed by atoms with Crippen LogP contribution in [0, 0.1) is 5.92 Å². The van der Waals surface area contributed by atoms with E-state index in [-0.39, 0.29) is 42.1 Å². The Labute approximate surface area is 184 Å². The minimum atomic E-state index is -4.59. The largest absolute Gasteiger partial charge is 1.00 e. The summed E-state index contributed by atoms with van der Waals surface area (Å²) < 4.78 is 36.5. The van der Waals surface area contributed by atoms with E-state index in [1.165, 1.54) is 57.8 Å². The molecule has 0 amide bonds. The molecule has 0 N–H and O–H groups in total. The summed E-state index contributed by atoms with van der Waals surface area (Å²) >= 11 is 0. The van der Waals surface area contributed by atoms with Crippen molar-refractivity contribution in [3.05, 3.63) is 12.2 Å². The van der Waals surface area contributed by atoms with E-state index < -0.39 is 10.4 Å². The molecule has 0 fully saturated rings. The Morgan fingerprint density at radius 1 is 0.846 bits per heavy atom. The van der Waals surface area contributed by atoms with Crippen molar-refractivity contribution in [2.45, 2.75) is 104 Å². The van der Waals surface area contributed by atoms with Crippen molar-refractivity contribution < 1.29 is 46.7 Å². The van der Waals surface area contributed by atoms with Gasteiger partial charge in [-0.3, -0.25) is 4.18 Å². The first-order valence-corrected chi connectivity index (χ1v) is 11.6. The van der Waals surface area contributed by atoms with Gasteiger partial charge in [0.1, 0.15) is 0 Å². The molecule has 0 spiro atoms. The minimum Gasteiger partial charge on any atom is -0.726 e. The summed E-state index contributed by atoms with van der Waals surface area (Å²) in [5, 5.41) is 0. The van der Waals surface area contributed by atoms with E-state index in [2.05, 4.69) is 24.1 Å². The van der Waals surface area contributed by atoms with Crippen LogP contribution in [0.3, 0.4) is 0 Å². The fourth-order valence-corrected chi connectivity index (χ4v) is 3.27. The molecule has 0 aliphatic rings. The topological polar surface area (TPSA) is 66.4 Å². The molecule has 0 saturated heterocycles. The SMILES string of the molecule is CCCCCC/C=C/C(CCCCCCCCCC)COS(=O)(=O)[O-].[Na+]. The van der Waals surface area contributed by atoms with Crippen molar-refractivity contribution in [3.8, 4) is 0 Å². The zero-order chi connectivity index (χ0) is 18.8. The average molecular weight is 399 g/mol. The zero-order valence-electron chi connectivity index (χ0n) is 17.4. The van der Waals surface area contributed by atoms with Gasteiger partial charge in [-0.2, -0.15) is 0 Å². The van der Waals surface area contributed by atoms with Gasteiger partial charge in [0.15, 0.2) is 0 Å². The van der Waals surface area contributed by atoms with Gasteiger partial charge in [-0.1, -0.05) is 96.6 Å².